The molecule has 2 N–H and O–H groups in total. The Bertz CT molecular complexity index is 859. The molecule has 0 saturated carbocycles. The minimum absolute atomic E-state index is 0.0530. The van der Waals surface area contributed by atoms with Gasteiger partial charge in [0, 0.05) is 19.5 Å². The number of allylic oxidation sites excluding steroid dienone is 2. The second kappa shape index (κ2) is 15.4. The highest BCUT2D eigenvalue weighted by Gasteiger charge is 2.35. The molecule has 1 aromatic carbocycles. The van der Waals surface area contributed by atoms with Gasteiger partial charge in [0.2, 0.25) is 11.8 Å². The normalized spacial score (nSPS) is 23.6. The molecule has 2 aliphatic heterocycles. The van der Waals surface area contributed by atoms with Crippen molar-refractivity contribution in [2.24, 2.45) is 11.8 Å². The average molecular weight is 501 g/mol. The number of aliphatic hydroxyl groups excluding tert-OH is 1. The van der Waals surface area contributed by atoms with Gasteiger partial charge in [0.25, 0.3) is 0 Å². The third-order valence-corrected chi connectivity index (χ3v) is 6.83. The number of fused-ring (bicyclic) bond motifs is 1. The van der Waals surface area contributed by atoms with E-state index in [1.165, 1.54) is 0 Å². The van der Waals surface area contributed by atoms with E-state index in [2.05, 4.69) is 11.4 Å². The van der Waals surface area contributed by atoms with Gasteiger partial charge in [0.15, 0.2) is 0 Å². The van der Waals surface area contributed by atoms with Crippen LogP contribution in [0.2, 0.25) is 0 Å². The van der Waals surface area contributed by atoms with Crippen molar-refractivity contribution in [2.75, 3.05) is 39.5 Å². The lowest BCUT2D eigenvalue weighted by atomic mass is 9.93. The van der Waals surface area contributed by atoms with Crippen LogP contribution >= 0.6 is 0 Å². The highest BCUT2D eigenvalue weighted by Crippen LogP contribution is 2.25. The zero-order valence-electron chi connectivity index (χ0n) is 21.1. The lowest BCUT2D eigenvalue weighted by Crippen LogP contribution is -2.43. The molecule has 0 spiro atoms. The number of carbonyl (C=O) groups excluding carboxylic acids is 3. The summed E-state index contributed by atoms with van der Waals surface area (Å²) >= 11 is 0. The third-order valence-electron chi connectivity index (χ3n) is 6.83. The molecule has 0 aliphatic carbocycles. The molecule has 2 heterocycles. The van der Waals surface area contributed by atoms with Gasteiger partial charge in [0.1, 0.15) is 6.61 Å². The smallest absolute Gasteiger partial charge is 0.309 e. The Balaban J connectivity index is 1.63. The van der Waals surface area contributed by atoms with Crippen LogP contribution in [0.15, 0.2) is 42.5 Å². The highest BCUT2D eigenvalue weighted by molar-refractivity contribution is 5.86. The Morgan fingerprint density at radius 3 is 2.72 bits per heavy atom. The van der Waals surface area contributed by atoms with Crippen LogP contribution in [0.4, 0.5) is 0 Å². The summed E-state index contributed by atoms with van der Waals surface area (Å²) in [5.41, 5.74) is 1.12. The van der Waals surface area contributed by atoms with Crippen LogP contribution in [0.1, 0.15) is 50.5 Å². The van der Waals surface area contributed by atoms with Gasteiger partial charge in [-0.25, -0.2) is 0 Å². The fraction of sp³-hybridized carbons (Fsp3) is 0.607. The van der Waals surface area contributed by atoms with Crippen molar-refractivity contribution in [3.63, 3.8) is 0 Å². The SMILES string of the molecule is O=C(C[C@H]1CC=CCCC[C@H](Cc2ccccc2)C(=O)OC[C@@H]2CCCN2C1=O)NCCOCCO. The van der Waals surface area contributed by atoms with Crippen LogP contribution in [0.5, 0.6) is 0 Å². The molecule has 0 unspecified atom stereocenters. The molecule has 8 heteroatoms. The first-order valence-electron chi connectivity index (χ1n) is 13.2. The molecule has 2 aliphatic rings. The summed E-state index contributed by atoms with van der Waals surface area (Å²) in [5.74, 6) is -1.10. The maximum atomic E-state index is 13.5. The number of amides is 2. The maximum Gasteiger partial charge on any atom is 0.309 e. The van der Waals surface area contributed by atoms with Gasteiger partial charge in [-0.3, -0.25) is 14.4 Å². The van der Waals surface area contributed by atoms with E-state index in [0.717, 1.165) is 37.7 Å². The van der Waals surface area contributed by atoms with Gasteiger partial charge in [-0.05, 0) is 50.5 Å². The predicted molar refractivity (Wildman–Crippen MR) is 136 cm³/mol. The zero-order chi connectivity index (χ0) is 25.6. The van der Waals surface area contributed by atoms with Gasteiger partial charge >= 0.3 is 5.97 Å². The zero-order valence-corrected chi connectivity index (χ0v) is 21.1. The molecule has 1 aromatic rings. The molecule has 1 fully saturated rings. The molecule has 0 aromatic heterocycles. The average Bonchev–Trinajstić information content (AvgIpc) is 3.36. The molecule has 3 rings (SSSR count). The Morgan fingerprint density at radius 1 is 1.08 bits per heavy atom. The first-order chi connectivity index (χ1) is 17.6. The monoisotopic (exact) mass is 500 g/mol. The predicted octanol–water partition coefficient (Wildman–Crippen LogP) is 2.64. The summed E-state index contributed by atoms with van der Waals surface area (Å²) in [5, 5.41) is 11.6. The molecule has 2 amide bonds. The molecule has 1 saturated heterocycles. The first kappa shape index (κ1) is 27.9. The van der Waals surface area contributed by atoms with E-state index in [4.69, 9.17) is 14.6 Å². The number of ether oxygens (including phenoxy) is 2. The second-order valence-corrected chi connectivity index (χ2v) is 9.57. The molecule has 198 valence electrons. The number of hydrogen-bond donors (Lipinski definition) is 2. The number of esters is 1. The van der Waals surface area contributed by atoms with Crippen molar-refractivity contribution in [1.29, 1.82) is 0 Å². The number of cyclic esters (lactones) is 1. The summed E-state index contributed by atoms with van der Waals surface area (Å²) in [4.78, 5) is 40.8. The highest BCUT2D eigenvalue weighted by atomic mass is 16.5. The van der Waals surface area contributed by atoms with Gasteiger partial charge in [-0.2, -0.15) is 0 Å². The molecule has 0 bridgehead atoms. The van der Waals surface area contributed by atoms with E-state index in [0.29, 0.717) is 32.5 Å². The lowest BCUT2D eigenvalue weighted by Gasteiger charge is -2.29. The van der Waals surface area contributed by atoms with Crippen LogP contribution in [-0.4, -0.2) is 73.3 Å². The Hall–Kier alpha value is -2.71. The van der Waals surface area contributed by atoms with Crippen molar-refractivity contribution in [1.82, 2.24) is 10.2 Å². The van der Waals surface area contributed by atoms with Crippen LogP contribution in [0, 0.1) is 11.8 Å². The van der Waals surface area contributed by atoms with Gasteiger partial charge < -0.3 is 24.8 Å². The standard InChI is InChI=1S/C28H40N2O6/c31-16-18-35-17-14-29-26(32)20-23-11-6-1-2-7-12-24(19-22-9-4-3-5-10-22)28(34)36-21-25-13-8-15-30(25)27(23)33/h1,3-6,9-10,23-25,31H,2,7-8,11-21H2,(H,29,32)/t23-,24-,25+/m1/s1. The van der Waals surface area contributed by atoms with Crippen LogP contribution in [0.25, 0.3) is 0 Å². The van der Waals surface area contributed by atoms with Crippen molar-refractivity contribution in [3.05, 3.63) is 48.0 Å². The number of hydrogen-bond acceptors (Lipinski definition) is 6. The molecule has 0 radical (unpaired) electrons. The van der Waals surface area contributed by atoms with E-state index < -0.39 is 5.92 Å². The van der Waals surface area contributed by atoms with Crippen LogP contribution < -0.4 is 5.32 Å². The Labute approximate surface area is 214 Å². The molecule has 36 heavy (non-hydrogen) atoms. The van der Waals surface area contributed by atoms with Crippen molar-refractivity contribution < 1.29 is 29.0 Å². The second-order valence-electron chi connectivity index (χ2n) is 9.57. The quantitative estimate of drug-likeness (QED) is 0.307. The van der Waals surface area contributed by atoms with Gasteiger partial charge in [0.05, 0.1) is 37.7 Å². The van der Waals surface area contributed by atoms with Crippen molar-refractivity contribution >= 4 is 17.8 Å². The van der Waals surface area contributed by atoms with E-state index in [9.17, 15) is 14.4 Å². The van der Waals surface area contributed by atoms with E-state index >= 15 is 0 Å². The summed E-state index contributed by atoms with van der Waals surface area (Å²) in [6.45, 7) is 1.64. The number of benzene rings is 1. The number of rotatable bonds is 9. The van der Waals surface area contributed by atoms with E-state index in [1.807, 2.05) is 36.4 Å². The number of carbonyl (C=O) groups is 3. The largest absolute Gasteiger partial charge is 0.463 e. The summed E-state index contributed by atoms with van der Waals surface area (Å²) in [6.07, 6.45) is 9.37. The Kier molecular flexibility index (Phi) is 11.9. The fourth-order valence-corrected chi connectivity index (χ4v) is 4.89. The van der Waals surface area contributed by atoms with Crippen molar-refractivity contribution in [3.8, 4) is 0 Å². The Morgan fingerprint density at radius 2 is 1.92 bits per heavy atom. The van der Waals surface area contributed by atoms with Gasteiger partial charge in [-0.15, -0.1) is 0 Å². The summed E-state index contributed by atoms with van der Waals surface area (Å²) in [6, 6.07) is 9.86. The van der Waals surface area contributed by atoms with Crippen molar-refractivity contribution in [2.45, 2.75) is 57.4 Å². The van der Waals surface area contributed by atoms with Crippen LogP contribution in [0.3, 0.4) is 0 Å². The third kappa shape index (κ3) is 9.06. The van der Waals surface area contributed by atoms with E-state index in [-0.39, 0.29) is 56.0 Å². The van der Waals surface area contributed by atoms with E-state index in [1.54, 1.807) is 4.90 Å². The number of nitrogens with one attached hydrogen (secondary N) is 1. The number of nitrogens with zero attached hydrogens (tertiary/aromatic N) is 1. The molecular weight excluding hydrogens is 460 g/mol. The maximum absolute atomic E-state index is 13.5. The fourth-order valence-electron chi connectivity index (χ4n) is 4.89. The molecular formula is C28H40N2O6. The first-order valence-corrected chi connectivity index (χ1v) is 13.2. The minimum atomic E-state index is -0.454. The van der Waals surface area contributed by atoms with Gasteiger partial charge in [-0.1, -0.05) is 42.5 Å². The van der Waals surface area contributed by atoms with Crippen LogP contribution in [-0.2, 0) is 30.3 Å². The summed E-state index contributed by atoms with van der Waals surface area (Å²) < 4.78 is 10.9. The lowest BCUT2D eigenvalue weighted by molar-refractivity contribution is -0.152. The molecule has 3 atom stereocenters. The minimum Gasteiger partial charge on any atom is -0.463 e. The summed E-state index contributed by atoms with van der Waals surface area (Å²) in [7, 11) is 0. The number of aliphatic hydroxyl groups is 1. The topological polar surface area (TPSA) is 105 Å². The molecule has 8 nitrogen and oxygen atoms in total.